The van der Waals surface area contributed by atoms with Crippen LogP contribution in [0.4, 0.5) is 0 Å². The Morgan fingerprint density at radius 2 is 0.905 bits per heavy atom. The molecule has 0 aliphatic carbocycles. The first kappa shape index (κ1) is 25.7. The Morgan fingerprint density at radius 3 is 1.05 bits per heavy atom. The summed E-state index contributed by atoms with van der Waals surface area (Å²) in [4.78, 5) is 17.8. The number of carboxylic acids is 2. The summed E-state index contributed by atoms with van der Waals surface area (Å²) in [6.07, 6.45) is 8.85. The first-order valence-corrected chi connectivity index (χ1v) is 14.1. The summed E-state index contributed by atoms with van der Waals surface area (Å²) in [5.74, 6) is -2.17. The van der Waals surface area contributed by atoms with Gasteiger partial charge in [-0.3, -0.25) is 0 Å². The van der Waals surface area contributed by atoms with E-state index in [0.717, 1.165) is 13.8 Å². The molecule has 0 spiro atoms. The third-order valence-corrected chi connectivity index (χ3v) is 11.7. The van der Waals surface area contributed by atoms with Crippen LogP contribution in [-0.4, -0.2) is 31.7 Å². The number of unbranched alkanes of at least 4 members (excludes halogenated alkanes) is 3. The minimum absolute atomic E-state index is 0.839. The summed E-state index contributed by atoms with van der Waals surface area (Å²) in [6, 6.07) is 0. The molecule has 4 nitrogen and oxygen atoms in total. The van der Waals surface area contributed by atoms with Gasteiger partial charge in [-0.05, 0) is 13.8 Å². The van der Waals surface area contributed by atoms with Crippen LogP contribution in [0.25, 0.3) is 0 Å². The van der Waals surface area contributed by atoms with Crippen LogP contribution in [0.3, 0.4) is 0 Å². The summed E-state index contributed by atoms with van der Waals surface area (Å²) in [5, 5.41) is 17.8. The van der Waals surface area contributed by atoms with Crippen molar-refractivity contribution < 1.29 is 19.8 Å². The molecule has 0 saturated heterocycles. The van der Waals surface area contributed by atoms with Crippen LogP contribution in [0.15, 0.2) is 0 Å². The summed E-state index contributed by atoms with van der Waals surface area (Å²) in [5.41, 5.74) is 0. The van der Waals surface area contributed by atoms with Crippen molar-refractivity contribution in [2.75, 3.05) is 0 Å². The van der Waals surface area contributed by atoms with Gasteiger partial charge in [0.1, 0.15) is 0 Å². The molecule has 21 heavy (non-hydrogen) atoms. The zero-order valence-electron chi connectivity index (χ0n) is 14.5. The fourth-order valence-electron chi connectivity index (χ4n) is 1.66. The fourth-order valence-corrected chi connectivity index (χ4v) is 11.1. The van der Waals surface area contributed by atoms with Gasteiger partial charge < -0.3 is 19.8 Å². The molecule has 0 saturated carbocycles. The van der Waals surface area contributed by atoms with Crippen molar-refractivity contribution in [2.24, 2.45) is 0 Å². The Balaban J connectivity index is -0.000000334. The van der Waals surface area contributed by atoms with Gasteiger partial charge in [0.05, 0.1) is 0 Å². The molecular weight excluding hydrogens is 375 g/mol. The van der Waals surface area contributed by atoms with Crippen molar-refractivity contribution >= 4 is 31.7 Å². The van der Waals surface area contributed by atoms with Gasteiger partial charge in [-0.2, -0.15) is 0 Å². The average molecular weight is 408 g/mol. The molecule has 0 atom stereocenters. The zero-order valence-corrected chi connectivity index (χ0v) is 17.4. The van der Waals surface area contributed by atoms with E-state index in [1.54, 1.807) is 13.3 Å². The van der Waals surface area contributed by atoms with Gasteiger partial charge in [-0.15, -0.1) is 0 Å². The number of carbonyl (C=O) groups excluding carboxylic acids is 2. The molecule has 0 bridgehead atoms. The third-order valence-electron chi connectivity index (χ3n) is 2.65. The van der Waals surface area contributed by atoms with E-state index in [2.05, 4.69) is 20.8 Å². The molecule has 0 aromatic heterocycles. The SMILES string of the molecule is CC(=O)[O-].CC(=O)[O-].CCC[CH2][Sn+2]([CH2]CCC)[CH2]CCC. The van der Waals surface area contributed by atoms with E-state index < -0.39 is 31.7 Å². The third kappa shape index (κ3) is 45.1. The van der Waals surface area contributed by atoms with Crippen LogP contribution >= 0.6 is 0 Å². The van der Waals surface area contributed by atoms with E-state index in [1.165, 1.54) is 38.5 Å². The first-order valence-electron chi connectivity index (χ1n) is 8.00. The molecule has 5 heteroatoms. The maximum absolute atomic E-state index is 8.89. The maximum atomic E-state index is 8.89. The predicted octanol–water partition coefficient (Wildman–Crippen LogP) is 2.39. The van der Waals surface area contributed by atoms with Crippen LogP contribution in [0, 0.1) is 0 Å². The molecular formula is C16H33O4Sn. The second kappa shape index (κ2) is 22.0. The number of carboxylic acid groups (broad SMARTS) is 2. The summed E-state index contributed by atoms with van der Waals surface area (Å²) >= 11 is -0.839. The van der Waals surface area contributed by atoms with E-state index in [4.69, 9.17) is 19.8 Å². The van der Waals surface area contributed by atoms with Crippen LogP contribution in [0.2, 0.25) is 13.3 Å². The van der Waals surface area contributed by atoms with Gasteiger partial charge in [0.15, 0.2) is 0 Å². The normalized spacial score (nSPS) is 9.24. The Hall–Kier alpha value is -0.261. The van der Waals surface area contributed by atoms with Crippen molar-refractivity contribution in [1.29, 1.82) is 0 Å². The van der Waals surface area contributed by atoms with Gasteiger partial charge in [0, 0.05) is 11.9 Å². The van der Waals surface area contributed by atoms with Crippen LogP contribution in [0.1, 0.15) is 73.1 Å². The van der Waals surface area contributed by atoms with Crippen LogP contribution < -0.4 is 10.2 Å². The van der Waals surface area contributed by atoms with Crippen molar-refractivity contribution in [3.05, 3.63) is 0 Å². The fraction of sp³-hybridized carbons (Fsp3) is 0.875. The Bertz CT molecular complexity index is 193. The molecule has 0 fully saturated rings. The number of carbonyl (C=O) groups is 2. The zero-order chi connectivity index (χ0) is 17.1. The number of rotatable bonds is 9. The van der Waals surface area contributed by atoms with Crippen molar-refractivity contribution in [2.45, 2.75) is 86.5 Å². The molecule has 0 aliphatic rings. The second-order valence-electron chi connectivity index (χ2n) is 5.04. The summed E-state index contributed by atoms with van der Waals surface area (Å²) in [7, 11) is 0. The van der Waals surface area contributed by atoms with Gasteiger partial charge in [-0.25, -0.2) is 0 Å². The van der Waals surface area contributed by atoms with Gasteiger partial charge >= 0.3 is 92.4 Å². The van der Waals surface area contributed by atoms with E-state index in [1.807, 2.05) is 0 Å². The molecule has 0 amide bonds. The predicted molar refractivity (Wildman–Crippen MR) is 86.3 cm³/mol. The van der Waals surface area contributed by atoms with E-state index >= 15 is 0 Å². The van der Waals surface area contributed by atoms with Crippen LogP contribution in [-0.2, 0) is 9.59 Å². The quantitative estimate of drug-likeness (QED) is 0.549. The number of aliphatic carboxylic acids is 2. The minimum atomic E-state index is -1.08. The second-order valence-corrected chi connectivity index (χ2v) is 13.6. The van der Waals surface area contributed by atoms with Gasteiger partial charge in [0.2, 0.25) is 0 Å². The van der Waals surface area contributed by atoms with E-state index in [9.17, 15) is 0 Å². The molecule has 0 N–H and O–H groups in total. The molecule has 0 aliphatic heterocycles. The summed E-state index contributed by atoms with van der Waals surface area (Å²) in [6.45, 7) is 8.95. The van der Waals surface area contributed by atoms with E-state index in [0.29, 0.717) is 0 Å². The molecule has 0 unspecified atom stereocenters. The van der Waals surface area contributed by atoms with Crippen molar-refractivity contribution in [1.82, 2.24) is 0 Å². The van der Waals surface area contributed by atoms with Crippen molar-refractivity contribution in [3.8, 4) is 0 Å². The molecule has 0 aromatic carbocycles. The molecule has 125 valence electrons. The molecule has 0 heterocycles. The van der Waals surface area contributed by atoms with Crippen LogP contribution in [0.5, 0.6) is 0 Å². The van der Waals surface area contributed by atoms with E-state index in [-0.39, 0.29) is 0 Å². The topological polar surface area (TPSA) is 80.3 Å². The monoisotopic (exact) mass is 409 g/mol. The number of hydrogen-bond acceptors (Lipinski definition) is 4. The Kier molecular flexibility index (Phi) is 26.9. The Morgan fingerprint density at radius 1 is 0.714 bits per heavy atom. The first-order chi connectivity index (χ1) is 9.81. The molecule has 3 radical (unpaired) electrons. The van der Waals surface area contributed by atoms with Gasteiger partial charge in [-0.1, -0.05) is 0 Å². The average Bonchev–Trinajstić information content (AvgIpc) is 2.36. The molecule has 0 aromatic rings. The standard InChI is InChI=1S/3C4H9.2C2H4O2.Sn/c3*1-3-4-2;2*1-2(3)4;/h3*1,3-4H2,2H3;2*1H3,(H,3,4);/q;;;;;+2/p-2. The molecule has 0 rings (SSSR count). The Labute approximate surface area is 138 Å². The van der Waals surface area contributed by atoms with Gasteiger partial charge in [0.25, 0.3) is 0 Å². The number of hydrogen-bond donors (Lipinski definition) is 0. The summed E-state index contributed by atoms with van der Waals surface area (Å²) < 4.78 is 5.04. The van der Waals surface area contributed by atoms with Crippen molar-refractivity contribution in [3.63, 3.8) is 0 Å².